The van der Waals surface area contributed by atoms with Gasteiger partial charge in [-0.25, -0.2) is 4.98 Å². The SMILES string of the molecule is O=C([O-])CC/C(=C\c1c(Cl)cccc1Cl)c1nc2ccccc2s1. The third-order valence-electron chi connectivity index (χ3n) is 3.49. The summed E-state index contributed by atoms with van der Waals surface area (Å²) in [5.74, 6) is -1.10. The van der Waals surface area contributed by atoms with Crippen molar-refractivity contribution in [3.8, 4) is 0 Å². The van der Waals surface area contributed by atoms with E-state index in [1.807, 2.05) is 30.3 Å². The average Bonchev–Trinajstić information content (AvgIpc) is 2.97. The van der Waals surface area contributed by atoms with Crippen molar-refractivity contribution in [1.82, 2.24) is 4.98 Å². The molecule has 24 heavy (non-hydrogen) atoms. The number of carbonyl (C=O) groups is 1. The van der Waals surface area contributed by atoms with E-state index < -0.39 is 5.97 Å². The molecule has 0 saturated heterocycles. The number of benzene rings is 2. The summed E-state index contributed by atoms with van der Waals surface area (Å²) < 4.78 is 1.04. The number of hydrogen-bond donors (Lipinski definition) is 0. The Kier molecular flexibility index (Phi) is 5.19. The first kappa shape index (κ1) is 17.0. The van der Waals surface area contributed by atoms with Crippen LogP contribution in [0.5, 0.6) is 0 Å². The minimum absolute atomic E-state index is 0.0934. The van der Waals surface area contributed by atoms with Crippen molar-refractivity contribution in [2.24, 2.45) is 0 Å². The highest BCUT2D eigenvalue weighted by Gasteiger charge is 2.11. The number of aromatic nitrogens is 1. The fourth-order valence-electron chi connectivity index (χ4n) is 2.31. The zero-order valence-electron chi connectivity index (χ0n) is 12.5. The van der Waals surface area contributed by atoms with Crippen LogP contribution in [0.1, 0.15) is 23.4 Å². The van der Waals surface area contributed by atoms with Crippen LogP contribution in [0.3, 0.4) is 0 Å². The van der Waals surface area contributed by atoms with Gasteiger partial charge in [0.05, 0.1) is 10.2 Å². The molecule has 6 heteroatoms. The van der Waals surface area contributed by atoms with Crippen LogP contribution in [0.4, 0.5) is 0 Å². The van der Waals surface area contributed by atoms with Gasteiger partial charge in [-0.1, -0.05) is 41.4 Å². The minimum Gasteiger partial charge on any atom is -0.550 e. The van der Waals surface area contributed by atoms with Crippen molar-refractivity contribution < 1.29 is 9.90 Å². The molecule has 0 unspecified atom stereocenters. The van der Waals surface area contributed by atoms with Gasteiger partial charge < -0.3 is 9.90 Å². The van der Waals surface area contributed by atoms with Gasteiger partial charge in [-0.3, -0.25) is 0 Å². The zero-order chi connectivity index (χ0) is 17.1. The lowest BCUT2D eigenvalue weighted by molar-refractivity contribution is -0.305. The summed E-state index contributed by atoms with van der Waals surface area (Å²) in [5.41, 5.74) is 2.31. The van der Waals surface area contributed by atoms with Crippen LogP contribution in [0.25, 0.3) is 21.9 Å². The van der Waals surface area contributed by atoms with Crippen LogP contribution >= 0.6 is 34.5 Å². The maximum Gasteiger partial charge on any atom is 0.120 e. The topological polar surface area (TPSA) is 53.0 Å². The van der Waals surface area contributed by atoms with Crippen molar-refractivity contribution in [2.45, 2.75) is 12.8 Å². The largest absolute Gasteiger partial charge is 0.550 e. The van der Waals surface area contributed by atoms with E-state index in [2.05, 4.69) is 4.98 Å². The summed E-state index contributed by atoms with van der Waals surface area (Å²) in [4.78, 5) is 15.5. The van der Waals surface area contributed by atoms with Crippen molar-refractivity contribution in [1.29, 1.82) is 0 Å². The minimum atomic E-state index is -1.10. The first-order chi connectivity index (χ1) is 11.5. The average molecular weight is 377 g/mol. The number of rotatable bonds is 5. The maximum absolute atomic E-state index is 10.9. The molecule has 0 amide bonds. The molecule has 0 aliphatic heterocycles. The van der Waals surface area contributed by atoms with Crippen LogP contribution in [-0.2, 0) is 4.79 Å². The predicted octanol–water partition coefficient (Wildman–Crippen LogP) is 4.67. The Morgan fingerprint density at radius 1 is 1.08 bits per heavy atom. The Morgan fingerprint density at radius 3 is 2.46 bits per heavy atom. The van der Waals surface area contributed by atoms with Gasteiger partial charge in [0.1, 0.15) is 5.01 Å². The molecule has 3 rings (SSSR count). The van der Waals surface area contributed by atoms with Gasteiger partial charge in [0, 0.05) is 21.6 Å². The summed E-state index contributed by atoms with van der Waals surface area (Å²) in [6.07, 6.45) is 2.01. The summed E-state index contributed by atoms with van der Waals surface area (Å²) in [5, 5.41) is 12.7. The van der Waals surface area contributed by atoms with Crippen molar-refractivity contribution in [3.05, 3.63) is 63.1 Å². The summed E-state index contributed by atoms with van der Waals surface area (Å²) >= 11 is 14.0. The standard InChI is InChI=1S/C18H13Cl2NO2S/c19-13-4-3-5-14(20)12(13)10-11(8-9-17(22)23)18-21-15-6-1-2-7-16(15)24-18/h1-7,10H,8-9H2,(H,22,23)/p-1/b11-10+. The number of carboxylic acids is 1. The molecular formula is C18H12Cl2NO2S-. The molecule has 122 valence electrons. The molecule has 0 aliphatic rings. The monoisotopic (exact) mass is 376 g/mol. The first-order valence-corrected chi connectivity index (χ1v) is 8.82. The van der Waals surface area contributed by atoms with Gasteiger partial charge in [0.25, 0.3) is 0 Å². The fourth-order valence-corrected chi connectivity index (χ4v) is 3.83. The molecule has 0 spiro atoms. The van der Waals surface area contributed by atoms with E-state index in [0.29, 0.717) is 22.0 Å². The molecule has 0 atom stereocenters. The number of thiazole rings is 1. The molecular weight excluding hydrogens is 365 g/mol. The number of para-hydroxylation sites is 1. The summed E-state index contributed by atoms with van der Waals surface area (Å²) in [7, 11) is 0. The van der Waals surface area contributed by atoms with Gasteiger partial charge in [-0.2, -0.15) is 0 Å². The lowest BCUT2D eigenvalue weighted by Crippen LogP contribution is -2.21. The number of aliphatic carboxylic acids is 1. The second-order valence-corrected chi connectivity index (χ2v) is 7.01. The number of halogens is 2. The summed E-state index contributed by atoms with van der Waals surface area (Å²) in [6, 6.07) is 13.0. The van der Waals surface area contributed by atoms with Crippen LogP contribution in [0.2, 0.25) is 10.0 Å². The normalized spacial score (nSPS) is 11.8. The molecule has 0 aliphatic carbocycles. The third kappa shape index (κ3) is 3.78. The highest BCUT2D eigenvalue weighted by Crippen LogP contribution is 2.34. The quantitative estimate of drug-likeness (QED) is 0.649. The fraction of sp³-hybridized carbons (Fsp3) is 0.111. The van der Waals surface area contributed by atoms with Crippen LogP contribution in [0.15, 0.2) is 42.5 Å². The van der Waals surface area contributed by atoms with Crippen molar-refractivity contribution >= 4 is 62.4 Å². The molecule has 0 fully saturated rings. The number of hydrogen-bond acceptors (Lipinski definition) is 4. The lowest BCUT2D eigenvalue weighted by Gasteiger charge is -2.08. The first-order valence-electron chi connectivity index (χ1n) is 7.25. The molecule has 3 aromatic rings. The van der Waals surface area contributed by atoms with E-state index in [1.54, 1.807) is 18.2 Å². The van der Waals surface area contributed by atoms with Gasteiger partial charge >= 0.3 is 0 Å². The Bertz CT molecular complexity index is 880. The molecule has 0 bridgehead atoms. The number of fused-ring (bicyclic) bond motifs is 1. The number of nitrogens with zero attached hydrogens (tertiary/aromatic N) is 1. The zero-order valence-corrected chi connectivity index (χ0v) is 14.8. The molecule has 0 radical (unpaired) electrons. The number of carbonyl (C=O) groups excluding carboxylic acids is 1. The van der Waals surface area contributed by atoms with Gasteiger partial charge in [-0.15, -0.1) is 11.3 Å². The third-order valence-corrected chi connectivity index (χ3v) is 5.26. The van der Waals surface area contributed by atoms with Gasteiger partial charge in [-0.05, 0) is 48.8 Å². The highest BCUT2D eigenvalue weighted by atomic mass is 35.5. The number of allylic oxidation sites excluding steroid dienone is 1. The summed E-state index contributed by atoms with van der Waals surface area (Å²) in [6.45, 7) is 0. The predicted molar refractivity (Wildman–Crippen MR) is 98.2 cm³/mol. The maximum atomic E-state index is 10.9. The Morgan fingerprint density at radius 2 is 1.79 bits per heavy atom. The molecule has 0 N–H and O–H groups in total. The molecule has 0 saturated carbocycles. The molecule has 2 aromatic carbocycles. The van der Waals surface area contributed by atoms with Crippen LogP contribution in [0, 0.1) is 0 Å². The van der Waals surface area contributed by atoms with Gasteiger partial charge in [0.15, 0.2) is 0 Å². The van der Waals surface area contributed by atoms with E-state index in [9.17, 15) is 9.90 Å². The van der Waals surface area contributed by atoms with E-state index in [-0.39, 0.29) is 6.42 Å². The van der Waals surface area contributed by atoms with E-state index in [1.165, 1.54) is 11.3 Å². The van der Waals surface area contributed by atoms with Crippen molar-refractivity contribution in [2.75, 3.05) is 0 Å². The van der Waals surface area contributed by atoms with Crippen LogP contribution < -0.4 is 5.11 Å². The highest BCUT2D eigenvalue weighted by molar-refractivity contribution is 7.19. The van der Waals surface area contributed by atoms with E-state index >= 15 is 0 Å². The second-order valence-electron chi connectivity index (χ2n) is 5.16. The molecule has 1 aromatic heterocycles. The van der Waals surface area contributed by atoms with E-state index in [4.69, 9.17) is 23.2 Å². The smallest absolute Gasteiger partial charge is 0.120 e. The van der Waals surface area contributed by atoms with Crippen LogP contribution in [-0.4, -0.2) is 11.0 Å². The Balaban J connectivity index is 2.08. The van der Waals surface area contributed by atoms with E-state index in [0.717, 1.165) is 20.8 Å². The Hall–Kier alpha value is -1.88. The lowest BCUT2D eigenvalue weighted by atomic mass is 10.1. The van der Waals surface area contributed by atoms with Crippen molar-refractivity contribution in [3.63, 3.8) is 0 Å². The molecule has 3 nitrogen and oxygen atoms in total. The molecule has 1 heterocycles. The second kappa shape index (κ2) is 7.34. The Labute approximate surface area is 153 Å². The van der Waals surface area contributed by atoms with Gasteiger partial charge in [0.2, 0.25) is 0 Å². The number of carboxylic acid groups (broad SMARTS) is 1.